The lowest BCUT2D eigenvalue weighted by Gasteiger charge is -2.21. The van der Waals surface area contributed by atoms with Crippen LogP contribution in [-0.2, 0) is 6.42 Å². The molecule has 1 heterocycles. The summed E-state index contributed by atoms with van der Waals surface area (Å²) in [4.78, 5) is 0. The summed E-state index contributed by atoms with van der Waals surface area (Å²) < 4.78 is 16.7. The SMILES string of the molecule is NC1CCCc2c1ccn2-c1cc(Br)ccc1F. The molecule has 0 saturated carbocycles. The minimum absolute atomic E-state index is 0.0882. The maximum Gasteiger partial charge on any atom is 0.147 e. The van der Waals surface area contributed by atoms with E-state index < -0.39 is 0 Å². The highest BCUT2D eigenvalue weighted by molar-refractivity contribution is 9.10. The van der Waals surface area contributed by atoms with Crippen LogP contribution in [-0.4, -0.2) is 4.57 Å². The zero-order valence-electron chi connectivity index (χ0n) is 9.87. The molecule has 1 aliphatic carbocycles. The van der Waals surface area contributed by atoms with Gasteiger partial charge in [-0.2, -0.15) is 0 Å². The van der Waals surface area contributed by atoms with Gasteiger partial charge < -0.3 is 10.3 Å². The Morgan fingerprint density at radius 2 is 2.17 bits per heavy atom. The number of benzene rings is 1. The first-order valence-corrected chi connectivity index (χ1v) is 6.87. The largest absolute Gasteiger partial charge is 0.324 e. The van der Waals surface area contributed by atoms with Crippen molar-refractivity contribution in [1.29, 1.82) is 0 Å². The standard InChI is InChI=1S/C14H14BrFN2/c15-9-4-5-11(16)14(8-9)18-7-6-10-12(17)2-1-3-13(10)18/h4-8,12H,1-3,17H2. The van der Waals surface area contributed by atoms with Crippen LogP contribution in [0.25, 0.3) is 5.69 Å². The monoisotopic (exact) mass is 308 g/mol. The lowest BCUT2D eigenvalue weighted by atomic mass is 9.93. The van der Waals surface area contributed by atoms with Crippen LogP contribution in [0.5, 0.6) is 0 Å². The van der Waals surface area contributed by atoms with Gasteiger partial charge in [0, 0.05) is 22.4 Å². The van der Waals surface area contributed by atoms with E-state index in [2.05, 4.69) is 15.9 Å². The third-order valence-corrected chi connectivity index (χ3v) is 4.02. The summed E-state index contributed by atoms with van der Waals surface area (Å²) in [6.07, 6.45) is 4.95. The third kappa shape index (κ3) is 1.89. The minimum Gasteiger partial charge on any atom is -0.324 e. The molecule has 0 bridgehead atoms. The summed E-state index contributed by atoms with van der Waals surface area (Å²) in [6.45, 7) is 0. The molecule has 2 nitrogen and oxygen atoms in total. The molecule has 94 valence electrons. The van der Waals surface area contributed by atoms with E-state index in [-0.39, 0.29) is 11.9 Å². The summed E-state index contributed by atoms with van der Waals surface area (Å²) >= 11 is 3.39. The Balaban J connectivity index is 2.15. The quantitative estimate of drug-likeness (QED) is 0.855. The van der Waals surface area contributed by atoms with Crippen LogP contribution in [0.4, 0.5) is 4.39 Å². The highest BCUT2D eigenvalue weighted by Crippen LogP contribution is 2.31. The van der Waals surface area contributed by atoms with E-state index in [1.807, 2.05) is 16.8 Å². The number of fused-ring (bicyclic) bond motifs is 1. The van der Waals surface area contributed by atoms with E-state index in [0.717, 1.165) is 35.0 Å². The number of hydrogen-bond donors (Lipinski definition) is 1. The lowest BCUT2D eigenvalue weighted by molar-refractivity contribution is 0.555. The Kier molecular flexibility index (Phi) is 2.99. The molecule has 1 atom stereocenters. The number of hydrogen-bond acceptors (Lipinski definition) is 1. The Morgan fingerprint density at radius 3 is 3.00 bits per heavy atom. The van der Waals surface area contributed by atoms with Gasteiger partial charge in [0.25, 0.3) is 0 Å². The fraction of sp³-hybridized carbons (Fsp3) is 0.286. The van der Waals surface area contributed by atoms with Crippen molar-refractivity contribution in [1.82, 2.24) is 4.57 Å². The first kappa shape index (κ1) is 11.9. The zero-order chi connectivity index (χ0) is 12.7. The molecule has 0 fully saturated rings. The molecule has 1 aromatic heterocycles. The van der Waals surface area contributed by atoms with Gasteiger partial charge in [-0.05, 0) is 49.1 Å². The van der Waals surface area contributed by atoms with Crippen molar-refractivity contribution in [3.8, 4) is 5.69 Å². The lowest BCUT2D eigenvalue weighted by Crippen LogP contribution is -2.18. The van der Waals surface area contributed by atoms with Crippen LogP contribution in [0.15, 0.2) is 34.9 Å². The fourth-order valence-corrected chi connectivity index (χ4v) is 2.97. The van der Waals surface area contributed by atoms with Gasteiger partial charge in [-0.25, -0.2) is 4.39 Å². The van der Waals surface area contributed by atoms with Crippen LogP contribution >= 0.6 is 15.9 Å². The average Bonchev–Trinajstić information content (AvgIpc) is 2.77. The van der Waals surface area contributed by atoms with Crippen molar-refractivity contribution in [2.24, 2.45) is 5.73 Å². The maximum atomic E-state index is 13.9. The Bertz CT molecular complexity index is 591. The first-order chi connectivity index (χ1) is 8.66. The van der Waals surface area contributed by atoms with Gasteiger partial charge in [0.05, 0.1) is 5.69 Å². The van der Waals surface area contributed by atoms with Crippen LogP contribution in [0.3, 0.4) is 0 Å². The predicted molar refractivity (Wildman–Crippen MR) is 73.3 cm³/mol. The van der Waals surface area contributed by atoms with Crippen molar-refractivity contribution in [2.75, 3.05) is 0 Å². The molecule has 1 aliphatic rings. The average molecular weight is 309 g/mol. The normalized spacial score (nSPS) is 18.7. The molecule has 0 aliphatic heterocycles. The zero-order valence-corrected chi connectivity index (χ0v) is 11.5. The van der Waals surface area contributed by atoms with Crippen molar-refractivity contribution in [2.45, 2.75) is 25.3 Å². The van der Waals surface area contributed by atoms with Gasteiger partial charge in [-0.1, -0.05) is 15.9 Å². The topological polar surface area (TPSA) is 30.9 Å². The molecule has 0 radical (unpaired) electrons. The highest BCUT2D eigenvalue weighted by Gasteiger charge is 2.21. The summed E-state index contributed by atoms with van der Waals surface area (Å²) in [6, 6.07) is 7.09. The number of halogens is 2. The van der Waals surface area contributed by atoms with Gasteiger partial charge in [0.1, 0.15) is 5.82 Å². The number of nitrogens with two attached hydrogens (primary N) is 1. The molecular formula is C14H14BrFN2. The molecule has 0 spiro atoms. The van der Waals surface area contributed by atoms with Crippen LogP contribution in [0, 0.1) is 5.82 Å². The van der Waals surface area contributed by atoms with Crippen LogP contribution in [0.1, 0.15) is 30.1 Å². The predicted octanol–water partition coefficient (Wildman–Crippen LogP) is 3.72. The van der Waals surface area contributed by atoms with E-state index in [1.165, 1.54) is 6.07 Å². The fourth-order valence-electron chi connectivity index (χ4n) is 2.62. The summed E-state index contributed by atoms with van der Waals surface area (Å²) in [5.41, 5.74) is 8.97. The smallest absolute Gasteiger partial charge is 0.147 e. The van der Waals surface area contributed by atoms with E-state index >= 15 is 0 Å². The number of nitrogens with zero attached hydrogens (tertiary/aromatic N) is 1. The number of rotatable bonds is 1. The molecule has 3 rings (SSSR count). The van der Waals surface area contributed by atoms with Crippen LogP contribution < -0.4 is 5.73 Å². The van der Waals surface area contributed by atoms with Crippen molar-refractivity contribution in [3.05, 3.63) is 52.0 Å². The first-order valence-electron chi connectivity index (χ1n) is 6.08. The molecule has 1 aromatic carbocycles. The minimum atomic E-state index is -0.212. The van der Waals surface area contributed by atoms with E-state index in [9.17, 15) is 4.39 Å². The van der Waals surface area contributed by atoms with E-state index in [1.54, 1.807) is 12.1 Å². The van der Waals surface area contributed by atoms with E-state index in [4.69, 9.17) is 5.73 Å². The molecule has 2 aromatic rings. The molecule has 4 heteroatoms. The van der Waals surface area contributed by atoms with Crippen molar-refractivity contribution in [3.63, 3.8) is 0 Å². The Labute approximate surface area is 114 Å². The Hall–Kier alpha value is -1.13. The number of aromatic nitrogens is 1. The molecule has 18 heavy (non-hydrogen) atoms. The second-order valence-corrected chi connectivity index (χ2v) is 5.60. The molecule has 2 N–H and O–H groups in total. The van der Waals surface area contributed by atoms with Gasteiger partial charge in [0.2, 0.25) is 0 Å². The van der Waals surface area contributed by atoms with Crippen molar-refractivity contribution < 1.29 is 4.39 Å². The second kappa shape index (κ2) is 4.52. The molecule has 1 unspecified atom stereocenters. The van der Waals surface area contributed by atoms with Gasteiger partial charge in [-0.3, -0.25) is 0 Å². The highest BCUT2D eigenvalue weighted by atomic mass is 79.9. The van der Waals surface area contributed by atoms with E-state index in [0.29, 0.717) is 5.69 Å². The summed E-state index contributed by atoms with van der Waals surface area (Å²) in [5.74, 6) is -0.212. The van der Waals surface area contributed by atoms with Gasteiger partial charge in [0.15, 0.2) is 0 Å². The third-order valence-electron chi connectivity index (χ3n) is 3.52. The molecule has 0 saturated heterocycles. The van der Waals surface area contributed by atoms with Gasteiger partial charge >= 0.3 is 0 Å². The molecule has 0 amide bonds. The molecular weight excluding hydrogens is 295 g/mol. The van der Waals surface area contributed by atoms with Crippen LogP contribution in [0.2, 0.25) is 0 Å². The Morgan fingerprint density at radius 1 is 1.33 bits per heavy atom. The van der Waals surface area contributed by atoms with Gasteiger partial charge in [-0.15, -0.1) is 0 Å². The summed E-state index contributed by atoms with van der Waals surface area (Å²) in [5, 5.41) is 0. The maximum absolute atomic E-state index is 13.9. The second-order valence-electron chi connectivity index (χ2n) is 4.68. The summed E-state index contributed by atoms with van der Waals surface area (Å²) in [7, 11) is 0. The van der Waals surface area contributed by atoms with Crippen molar-refractivity contribution >= 4 is 15.9 Å².